The molecule has 2 heteroatoms. The maximum atomic E-state index is 10.2. The van der Waals surface area contributed by atoms with E-state index in [0.717, 1.165) is 73.0 Å². The summed E-state index contributed by atoms with van der Waals surface area (Å²) in [7, 11) is 0. The summed E-state index contributed by atoms with van der Waals surface area (Å²) in [4.78, 5) is 0. The molecule has 0 amide bonds. The third-order valence-corrected chi connectivity index (χ3v) is 18.6. The van der Waals surface area contributed by atoms with Crippen LogP contribution in [0.5, 0.6) is 0 Å². The van der Waals surface area contributed by atoms with Crippen molar-refractivity contribution in [1.82, 2.24) is 0 Å². The molecule has 2 N–H and O–H groups in total. The number of hydrogen-bond acceptors (Lipinski definition) is 2. The molecule has 10 rings (SSSR count). The smallest absolute Gasteiger partial charge is 0.0577 e. The zero-order valence-electron chi connectivity index (χ0n) is 32.9. The lowest BCUT2D eigenvalue weighted by Gasteiger charge is -2.61. The third-order valence-electron chi connectivity index (χ3n) is 18.6. The standard InChI is InChI=1S/C25H36O.C25H32O/c2*1-24-14-12-19(26)16-18(24)8-9-20-22-11-10-21(17-6-4-3-5-7-17)25(22,2)15-13-23(20)24/h3-7,18-23,26H,8-16H2,1-2H3;3-8,10,19-20,22-23,26H,9,11-16H2,1-2H3/t18?,19-,20-,21+,22-,23-,24-,25+;19-,20-,22-,23-,24-,25+/m00/s1. The maximum Gasteiger partial charge on any atom is 0.0577 e. The van der Waals surface area contributed by atoms with Crippen LogP contribution in [0, 0.1) is 63.1 Å². The Labute approximate surface area is 316 Å². The van der Waals surface area contributed by atoms with Crippen molar-refractivity contribution in [2.24, 2.45) is 63.1 Å². The van der Waals surface area contributed by atoms with Crippen LogP contribution in [-0.4, -0.2) is 22.4 Å². The maximum absolute atomic E-state index is 10.2. The predicted octanol–water partition coefficient (Wildman–Crippen LogP) is 12.2. The van der Waals surface area contributed by atoms with Crippen molar-refractivity contribution >= 4 is 5.57 Å². The van der Waals surface area contributed by atoms with Gasteiger partial charge >= 0.3 is 0 Å². The van der Waals surface area contributed by atoms with Gasteiger partial charge in [0.05, 0.1) is 12.2 Å². The van der Waals surface area contributed by atoms with Gasteiger partial charge in [0.15, 0.2) is 0 Å². The van der Waals surface area contributed by atoms with Crippen molar-refractivity contribution in [3.05, 3.63) is 89.5 Å². The minimum absolute atomic E-state index is 0.0209. The lowest BCUT2D eigenvalue weighted by atomic mass is 9.44. The average molecular weight is 701 g/mol. The second kappa shape index (κ2) is 13.3. The summed E-state index contributed by atoms with van der Waals surface area (Å²) in [5.41, 5.74) is 7.94. The van der Waals surface area contributed by atoms with E-state index in [1.54, 1.807) is 16.7 Å². The third kappa shape index (κ3) is 5.52. The van der Waals surface area contributed by atoms with E-state index in [-0.39, 0.29) is 12.2 Å². The highest BCUT2D eigenvalue weighted by molar-refractivity contribution is 5.73. The summed E-state index contributed by atoms with van der Waals surface area (Å²) < 4.78 is 0. The molecule has 0 radical (unpaired) electrons. The van der Waals surface area contributed by atoms with Crippen molar-refractivity contribution in [2.45, 2.75) is 149 Å². The Morgan fingerprint density at radius 3 is 2.00 bits per heavy atom. The number of aliphatic hydroxyl groups is 2. The van der Waals surface area contributed by atoms with Crippen LogP contribution < -0.4 is 0 Å². The zero-order valence-corrected chi connectivity index (χ0v) is 32.9. The molecule has 2 aromatic carbocycles. The normalized spacial score (nSPS) is 47.5. The van der Waals surface area contributed by atoms with Gasteiger partial charge in [0.25, 0.3) is 0 Å². The molecular weight excluding hydrogens is 633 g/mol. The number of fused-ring (bicyclic) bond motifs is 10. The molecule has 0 saturated heterocycles. The van der Waals surface area contributed by atoms with Gasteiger partial charge in [-0.05, 0) is 188 Å². The van der Waals surface area contributed by atoms with Crippen molar-refractivity contribution in [2.75, 3.05) is 0 Å². The van der Waals surface area contributed by atoms with Gasteiger partial charge < -0.3 is 10.2 Å². The van der Waals surface area contributed by atoms with Crippen LogP contribution >= 0.6 is 0 Å². The van der Waals surface area contributed by atoms with Crippen LogP contribution in [0.25, 0.3) is 5.57 Å². The summed E-state index contributed by atoms with van der Waals surface area (Å²) in [5, 5.41) is 20.4. The molecule has 1 unspecified atom stereocenters. The molecule has 2 aromatic rings. The first kappa shape index (κ1) is 35.5. The van der Waals surface area contributed by atoms with Gasteiger partial charge in [-0.25, -0.2) is 0 Å². The molecule has 8 aliphatic carbocycles. The van der Waals surface area contributed by atoms with Gasteiger partial charge in [-0.2, -0.15) is 0 Å². The van der Waals surface area contributed by atoms with E-state index < -0.39 is 0 Å². The zero-order chi connectivity index (χ0) is 35.9. The number of benzene rings is 2. The van der Waals surface area contributed by atoms with E-state index in [0.29, 0.717) is 21.7 Å². The second-order valence-corrected chi connectivity index (χ2v) is 20.5. The van der Waals surface area contributed by atoms with Crippen molar-refractivity contribution in [1.29, 1.82) is 0 Å². The van der Waals surface area contributed by atoms with Crippen molar-refractivity contribution in [3.63, 3.8) is 0 Å². The predicted molar refractivity (Wildman–Crippen MR) is 214 cm³/mol. The Hall–Kier alpha value is -2.16. The van der Waals surface area contributed by atoms with Gasteiger partial charge in [-0.1, -0.05) is 106 Å². The van der Waals surface area contributed by atoms with Crippen molar-refractivity contribution in [3.8, 4) is 0 Å². The first-order chi connectivity index (χ1) is 25.0. The van der Waals surface area contributed by atoms with Crippen LogP contribution in [0.4, 0.5) is 0 Å². The molecule has 6 fully saturated rings. The minimum Gasteiger partial charge on any atom is -0.393 e. The van der Waals surface area contributed by atoms with E-state index in [2.05, 4.69) is 101 Å². The second-order valence-electron chi connectivity index (χ2n) is 20.5. The minimum atomic E-state index is -0.0995. The molecule has 52 heavy (non-hydrogen) atoms. The quantitative estimate of drug-likeness (QED) is 0.306. The topological polar surface area (TPSA) is 40.5 Å². The first-order valence-corrected chi connectivity index (χ1v) is 21.9. The molecule has 8 aliphatic rings. The van der Waals surface area contributed by atoms with Crippen LogP contribution in [0.1, 0.15) is 147 Å². The monoisotopic (exact) mass is 701 g/mol. The van der Waals surface area contributed by atoms with Gasteiger partial charge in [0, 0.05) is 0 Å². The largest absolute Gasteiger partial charge is 0.393 e. The summed E-state index contributed by atoms with van der Waals surface area (Å²) >= 11 is 0. The van der Waals surface area contributed by atoms with E-state index >= 15 is 0 Å². The Balaban J connectivity index is 0.000000138. The van der Waals surface area contributed by atoms with Gasteiger partial charge in [-0.3, -0.25) is 0 Å². The average Bonchev–Trinajstić information content (AvgIpc) is 3.70. The lowest BCUT2D eigenvalue weighted by molar-refractivity contribution is -0.122. The molecule has 0 aromatic heterocycles. The van der Waals surface area contributed by atoms with E-state index in [9.17, 15) is 10.2 Å². The number of aliphatic hydroxyl groups excluding tert-OH is 2. The Bertz CT molecular complexity index is 1660. The molecule has 280 valence electrons. The van der Waals surface area contributed by atoms with Gasteiger partial charge in [-0.15, -0.1) is 0 Å². The van der Waals surface area contributed by atoms with Gasteiger partial charge in [0.2, 0.25) is 0 Å². The number of rotatable bonds is 2. The summed E-state index contributed by atoms with van der Waals surface area (Å²) in [6.45, 7) is 10.3. The highest BCUT2D eigenvalue weighted by Gasteiger charge is 2.60. The Morgan fingerprint density at radius 1 is 0.538 bits per heavy atom. The fourth-order valence-electron chi connectivity index (χ4n) is 15.7. The molecule has 6 saturated carbocycles. The molecule has 0 spiro atoms. The highest BCUT2D eigenvalue weighted by Crippen LogP contribution is 2.69. The Morgan fingerprint density at radius 2 is 1.21 bits per heavy atom. The Kier molecular flexibility index (Phi) is 9.06. The van der Waals surface area contributed by atoms with E-state index in [4.69, 9.17) is 0 Å². The summed E-state index contributed by atoms with van der Waals surface area (Å²) in [6, 6.07) is 22.5. The van der Waals surface area contributed by atoms with Crippen LogP contribution in [-0.2, 0) is 0 Å². The number of hydrogen-bond donors (Lipinski definition) is 2. The number of allylic oxidation sites excluding steroid dienone is 3. The van der Waals surface area contributed by atoms with E-state index in [1.807, 2.05) is 0 Å². The first-order valence-electron chi connectivity index (χ1n) is 21.9. The fourth-order valence-corrected chi connectivity index (χ4v) is 15.7. The van der Waals surface area contributed by atoms with Crippen LogP contribution in [0.15, 0.2) is 78.4 Å². The van der Waals surface area contributed by atoms with E-state index in [1.165, 1.54) is 82.6 Å². The molecule has 0 bridgehead atoms. The lowest BCUT2D eigenvalue weighted by Crippen LogP contribution is -2.53. The fraction of sp³-hybridized carbons (Fsp3) is 0.680. The molecular formula is C50H68O2. The highest BCUT2D eigenvalue weighted by atomic mass is 16.3. The van der Waals surface area contributed by atoms with Gasteiger partial charge in [0.1, 0.15) is 0 Å². The van der Waals surface area contributed by atoms with Crippen molar-refractivity contribution < 1.29 is 10.2 Å². The SMILES string of the molecule is C[C@]12CC[C@H](O)CC1=CC[C@@H]1[C@@H]2CC[C@]2(C)C(c3ccccc3)=CC[C@@H]12.C[C@]12CC[C@H]3[C@@H](CCC4C[C@@H](O)CC[C@@]43C)[C@@H]1CC[C@@H]2c1ccccc1. The molecule has 0 heterocycles. The van der Waals surface area contributed by atoms with Crippen LogP contribution in [0.2, 0.25) is 0 Å². The molecule has 0 aliphatic heterocycles. The molecule has 14 atom stereocenters. The summed E-state index contributed by atoms with van der Waals surface area (Å²) in [6.07, 6.45) is 25.1. The molecule has 2 nitrogen and oxygen atoms in total. The summed E-state index contributed by atoms with van der Waals surface area (Å²) in [5.74, 6) is 6.76. The van der Waals surface area contributed by atoms with Crippen LogP contribution in [0.3, 0.4) is 0 Å².